The number of nitrogens with two attached hydrogens (primary N) is 1. The number of hydrogen-bond acceptors (Lipinski definition) is 5. The highest BCUT2D eigenvalue weighted by atomic mass is 35.5. The van der Waals surface area contributed by atoms with Gasteiger partial charge in [-0.1, -0.05) is 34.8 Å². The molecular formula is C16H18Cl3N5. The highest BCUT2D eigenvalue weighted by molar-refractivity contribution is 6.48. The van der Waals surface area contributed by atoms with Crippen molar-refractivity contribution in [3.63, 3.8) is 0 Å². The molecule has 3 rings (SSSR count). The monoisotopic (exact) mass is 385 g/mol. The quantitative estimate of drug-likeness (QED) is 0.797. The molecule has 1 aromatic heterocycles. The fourth-order valence-corrected chi connectivity index (χ4v) is 3.38. The van der Waals surface area contributed by atoms with Crippen LogP contribution >= 0.6 is 34.8 Å². The summed E-state index contributed by atoms with van der Waals surface area (Å²) in [4.78, 5) is 13.6. The van der Waals surface area contributed by atoms with Gasteiger partial charge in [0.15, 0.2) is 0 Å². The molecule has 1 aliphatic heterocycles. The van der Waals surface area contributed by atoms with Crippen molar-refractivity contribution in [3.8, 4) is 11.1 Å². The molecule has 8 heteroatoms. The van der Waals surface area contributed by atoms with Gasteiger partial charge < -0.3 is 15.5 Å². The van der Waals surface area contributed by atoms with Gasteiger partial charge in [0.2, 0.25) is 5.95 Å². The van der Waals surface area contributed by atoms with Crippen molar-refractivity contribution in [1.29, 1.82) is 0 Å². The minimum absolute atomic E-state index is 0.327. The van der Waals surface area contributed by atoms with Crippen LogP contribution in [-0.4, -0.2) is 48.1 Å². The predicted octanol–water partition coefficient (Wildman–Crippen LogP) is 3.75. The fraction of sp³-hybridized carbons (Fsp3) is 0.375. The SMILES string of the molecule is Cc1nc(N2CCN(C)CC2)nc(N)c1-c1cc(Cl)c(Cl)c(Cl)c1. The van der Waals surface area contributed by atoms with Crippen molar-refractivity contribution < 1.29 is 0 Å². The van der Waals surface area contributed by atoms with Crippen molar-refractivity contribution in [2.75, 3.05) is 43.9 Å². The minimum Gasteiger partial charge on any atom is -0.383 e. The van der Waals surface area contributed by atoms with Crippen molar-refractivity contribution in [1.82, 2.24) is 14.9 Å². The third-order valence-corrected chi connectivity index (χ3v) is 5.36. The molecule has 0 spiro atoms. The third-order valence-electron chi connectivity index (χ3n) is 4.16. The number of hydrogen-bond donors (Lipinski definition) is 1. The molecule has 1 aromatic carbocycles. The number of anilines is 2. The normalized spacial score (nSPS) is 15.8. The van der Waals surface area contributed by atoms with Crippen molar-refractivity contribution in [2.45, 2.75) is 6.92 Å². The molecule has 0 unspecified atom stereocenters. The van der Waals surface area contributed by atoms with Gasteiger partial charge in [0.1, 0.15) is 5.82 Å². The molecule has 0 atom stereocenters. The van der Waals surface area contributed by atoms with Crippen LogP contribution in [-0.2, 0) is 0 Å². The zero-order valence-corrected chi connectivity index (χ0v) is 15.8. The Balaban J connectivity index is 1.99. The summed E-state index contributed by atoms with van der Waals surface area (Å²) in [5, 5.41) is 1.08. The van der Waals surface area contributed by atoms with E-state index >= 15 is 0 Å². The first kappa shape index (κ1) is 17.5. The predicted molar refractivity (Wildman–Crippen MR) is 101 cm³/mol. The molecule has 0 aliphatic carbocycles. The second-order valence-corrected chi connectivity index (χ2v) is 7.11. The lowest BCUT2D eigenvalue weighted by Gasteiger charge is -2.32. The van der Waals surface area contributed by atoms with Crippen molar-refractivity contribution in [2.24, 2.45) is 0 Å². The summed E-state index contributed by atoms with van der Waals surface area (Å²) in [6, 6.07) is 3.46. The number of nitrogens with zero attached hydrogens (tertiary/aromatic N) is 4. The van der Waals surface area contributed by atoms with Crippen LogP contribution in [0.5, 0.6) is 0 Å². The van der Waals surface area contributed by atoms with Gasteiger partial charge in [0.25, 0.3) is 0 Å². The number of aryl methyl sites for hydroxylation is 1. The zero-order chi connectivity index (χ0) is 17.4. The third kappa shape index (κ3) is 3.40. The summed E-state index contributed by atoms with van der Waals surface area (Å²) >= 11 is 18.3. The van der Waals surface area contributed by atoms with Crippen LogP contribution in [0.2, 0.25) is 15.1 Å². The fourth-order valence-electron chi connectivity index (χ4n) is 2.78. The highest BCUT2D eigenvalue weighted by Gasteiger charge is 2.20. The van der Waals surface area contributed by atoms with Gasteiger partial charge >= 0.3 is 0 Å². The van der Waals surface area contributed by atoms with Crippen LogP contribution in [0.15, 0.2) is 12.1 Å². The average molecular weight is 387 g/mol. The van der Waals surface area contributed by atoms with Gasteiger partial charge in [-0.05, 0) is 31.7 Å². The number of benzene rings is 1. The highest BCUT2D eigenvalue weighted by Crippen LogP contribution is 2.37. The summed E-state index contributed by atoms with van der Waals surface area (Å²) < 4.78 is 0. The molecule has 2 N–H and O–H groups in total. The van der Waals surface area contributed by atoms with E-state index in [1.807, 2.05) is 6.92 Å². The van der Waals surface area contributed by atoms with Crippen LogP contribution < -0.4 is 10.6 Å². The second kappa shape index (κ2) is 6.92. The molecular weight excluding hydrogens is 369 g/mol. The zero-order valence-electron chi connectivity index (χ0n) is 13.5. The Bertz CT molecular complexity index is 726. The lowest BCUT2D eigenvalue weighted by Crippen LogP contribution is -2.45. The summed E-state index contributed by atoms with van der Waals surface area (Å²) in [5.74, 6) is 1.07. The number of rotatable bonds is 2. The summed E-state index contributed by atoms with van der Waals surface area (Å²) in [6.07, 6.45) is 0. The largest absolute Gasteiger partial charge is 0.383 e. The van der Waals surface area contributed by atoms with Gasteiger partial charge in [-0.2, -0.15) is 4.98 Å². The van der Waals surface area contributed by atoms with Gasteiger partial charge in [-0.25, -0.2) is 4.98 Å². The Hall–Kier alpha value is -1.27. The van der Waals surface area contributed by atoms with E-state index in [9.17, 15) is 0 Å². The lowest BCUT2D eigenvalue weighted by atomic mass is 10.1. The Morgan fingerprint density at radius 3 is 2.12 bits per heavy atom. The van der Waals surface area contributed by atoms with Gasteiger partial charge in [0.05, 0.1) is 20.8 Å². The molecule has 24 heavy (non-hydrogen) atoms. The first-order chi connectivity index (χ1) is 11.4. The van der Waals surface area contributed by atoms with E-state index < -0.39 is 0 Å². The molecule has 5 nitrogen and oxygen atoms in total. The van der Waals surface area contributed by atoms with Crippen LogP contribution in [0.4, 0.5) is 11.8 Å². The van der Waals surface area contributed by atoms with E-state index in [2.05, 4.69) is 26.8 Å². The van der Waals surface area contributed by atoms with E-state index in [1.54, 1.807) is 12.1 Å². The summed E-state index contributed by atoms with van der Waals surface area (Å²) in [5.41, 5.74) is 8.49. The number of nitrogen functional groups attached to an aromatic ring is 1. The molecule has 0 amide bonds. The molecule has 2 aromatic rings. The summed E-state index contributed by atoms with van der Waals surface area (Å²) in [6.45, 7) is 5.63. The lowest BCUT2D eigenvalue weighted by molar-refractivity contribution is 0.311. The minimum atomic E-state index is 0.327. The van der Waals surface area contributed by atoms with Gasteiger partial charge in [-0.15, -0.1) is 0 Å². The molecule has 0 radical (unpaired) electrons. The molecule has 0 bridgehead atoms. The van der Waals surface area contributed by atoms with Gasteiger partial charge in [0, 0.05) is 31.7 Å². The van der Waals surface area contributed by atoms with Crippen LogP contribution in [0.3, 0.4) is 0 Å². The van der Waals surface area contributed by atoms with E-state index in [0.29, 0.717) is 26.8 Å². The Morgan fingerprint density at radius 2 is 1.58 bits per heavy atom. The van der Waals surface area contributed by atoms with Gasteiger partial charge in [-0.3, -0.25) is 0 Å². The molecule has 1 fully saturated rings. The molecule has 1 aliphatic rings. The maximum Gasteiger partial charge on any atom is 0.227 e. The van der Waals surface area contributed by atoms with E-state index in [-0.39, 0.29) is 0 Å². The van der Waals surface area contributed by atoms with Crippen LogP contribution in [0, 0.1) is 6.92 Å². The van der Waals surface area contributed by atoms with E-state index in [0.717, 1.165) is 43.0 Å². The van der Waals surface area contributed by atoms with Crippen LogP contribution in [0.25, 0.3) is 11.1 Å². The Kier molecular flexibility index (Phi) is 5.06. The average Bonchev–Trinajstić information content (AvgIpc) is 2.52. The first-order valence-electron chi connectivity index (χ1n) is 7.59. The first-order valence-corrected chi connectivity index (χ1v) is 8.72. The van der Waals surface area contributed by atoms with Crippen LogP contribution in [0.1, 0.15) is 5.69 Å². The smallest absolute Gasteiger partial charge is 0.227 e. The van der Waals surface area contributed by atoms with E-state index in [4.69, 9.17) is 40.5 Å². The van der Waals surface area contributed by atoms with E-state index in [1.165, 1.54) is 0 Å². The Morgan fingerprint density at radius 1 is 1.00 bits per heavy atom. The maximum atomic E-state index is 6.22. The number of halogens is 3. The van der Waals surface area contributed by atoms with Crippen molar-refractivity contribution in [3.05, 3.63) is 32.9 Å². The number of likely N-dealkylation sites (N-methyl/N-ethyl adjacent to an activating group) is 1. The topological polar surface area (TPSA) is 58.3 Å². The molecule has 128 valence electrons. The molecule has 0 saturated carbocycles. The number of piperazine rings is 1. The second-order valence-electron chi connectivity index (χ2n) is 5.91. The molecule has 1 saturated heterocycles. The molecule has 2 heterocycles. The Labute approximate surface area is 156 Å². The van der Waals surface area contributed by atoms with Crippen molar-refractivity contribution >= 4 is 46.6 Å². The summed E-state index contributed by atoms with van der Waals surface area (Å²) in [7, 11) is 2.11. The number of aromatic nitrogens is 2. The standard InChI is InChI=1S/C16H18Cl3N5/c1-9-13(10-7-11(17)14(19)12(18)8-10)15(20)22-16(21-9)24-5-3-23(2)4-6-24/h7-8H,3-6H2,1-2H3,(H2,20,21,22). The maximum absolute atomic E-state index is 6.22.